The van der Waals surface area contributed by atoms with Gasteiger partial charge in [0.25, 0.3) is 11.8 Å². The number of nitrogens with zero attached hydrogens (tertiary/aromatic N) is 4. The quantitative estimate of drug-likeness (QED) is 0.312. The van der Waals surface area contributed by atoms with E-state index in [0.717, 1.165) is 27.8 Å². The first kappa shape index (κ1) is 26.6. The zero-order valence-corrected chi connectivity index (χ0v) is 22.1. The summed E-state index contributed by atoms with van der Waals surface area (Å²) in [6, 6.07) is 16.7. The number of aliphatic carboxylic acids is 1. The third-order valence-electron chi connectivity index (χ3n) is 7.06. The van der Waals surface area contributed by atoms with Crippen LogP contribution in [0.1, 0.15) is 39.1 Å². The van der Waals surface area contributed by atoms with Gasteiger partial charge in [0.15, 0.2) is 0 Å². The van der Waals surface area contributed by atoms with Gasteiger partial charge in [-0.2, -0.15) is 5.10 Å². The molecule has 2 aromatic carbocycles. The number of likely N-dealkylation sites (tertiary alicyclic amines) is 1. The highest BCUT2D eigenvalue weighted by Crippen LogP contribution is 2.24. The number of nitrogens with two attached hydrogens (primary N) is 1. The number of carbonyl (C=O) groups is 3. The number of aromatic nitrogens is 3. The molecule has 4 N–H and O–H groups in total. The number of carbonyl (C=O) groups excluding carboxylic acids is 2. The Kier molecular flexibility index (Phi) is 7.59. The molecular formula is C30H30N6O4. The number of carboxylic acids is 1. The zero-order chi connectivity index (χ0) is 28.2. The summed E-state index contributed by atoms with van der Waals surface area (Å²) < 4.78 is 1.67. The molecule has 1 aliphatic heterocycles. The number of pyridine rings is 1. The molecule has 1 saturated heterocycles. The molecule has 0 spiro atoms. The lowest BCUT2D eigenvalue weighted by atomic mass is 10.0. The highest BCUT2D eigenvalue weighted by Gasteiger charge is 2.29. The van der Waals surface area contributed by atoms with Crippen molar-refractivity contribution in [2.75, 3.05) is 18.8 Å². The summed E-state index contributed by atoms with van der Waals surface area (Å²) in [5.74, 6) is -1.09. The predicted molar refractivity (Wildman–Crippen MR) is 150 cm³/mol. The third kappa shape index (κ3) is 6.01. The van der Waals surface area contributed by atoms with Crippen molar-refractivity contribution >= 4 is 23.6 Å². The Morgan fingerprint density at radius 2 is 1.70 bits per heavy atom. The van der Waals surface area contributed by atoms with E-state index in [1.807, 2.05) is 49.6 Å². The Morgan fingerprint density at radius 3 is 2.35 bits per heavy atom. The topological polar surface area (TPSA) is 143 Å². The molecule has 0 aliphatic carbocycles. The summed E-state index contributed by atoms with van der Waals surface area (Å²) in [6.07, 6.45) is 6.37. The van der Waals surface area contributed by atoms with Crippen LogP contribution in [0.15, 0.2) is 73.2 Å². The van der Waals surface area contributed by atoms with Gasteiger partial charge in [0.1, 0.15) is 5.82 Å². The fraction of sp³-hybridized carbons (Fsp3) is 0.233. The predicted octanol–water partition coefficient (Wildman–Crippen LogP) is 3.39. The van der Waals surface area contributed by atoms with Crippen molar-refractivity contribution in [1.82, 2.24) is 25.0 Å². The van der Waals surface area contributed by atoms with Crippen LogP contribution in [-0.2, 0) is 18.3 Å². The Balaban J connectivity index is 1.19. The second-order valence-electron chi connectivity index (χ2n) is 9.94. The molecule has 10 nitrogen and oxygen atoms in total. The van der Waals surface area contributed by atoms with Gasteiger partial charge < -0.3 is 21.1 Å². The number of anilines is 1. The van der Waals surface area contributed by atoms with Gasteiger partial charge in [0, 0.05) is 61.7 Å². The van der Waals surface area contributed by atoms with E-state index in [2.05, 4.69) is 15.4 Å². The molecule has 0 saturated carbocycles. The molecule has 2 amide bonds. The van der Waals surface area contributed by atoms with E-state index in [1.54, 1.807) is 40.2 Å². The van der Waals surface area contributed by atoms with Gasteiger partial charge in [0.05, 0.1) is 11.8 Å². The summed E-state index contributed by atoms with van der Waals surface area (Å²) in [4.78, 5) is 42.9. The molecular weight excluding hydrogens is 508 g/mol. The van der Waals surface area contributed by atoms with Gasteiger partial charge in [0.2, 0.25) is 0 Å². The first-order valence-corrected chi connectivity index (χ1v) is 13.0. The smallest absolute Gasteiger partial charge is 0.303 e. The van der Waals surface area contributed by atoms with E-state index in [4.69, 9.17) is 10.8 Å². The number of hydrogen-bond acceptors (Lipinski definition) is 6. The van der Waals surface area contributed by atoms with Crippen molar-refractivity contribution in [3.05, 3.63) is 89.9 Å². The number of benzene rings is 2. The minimum absolute atomic E-state index is 0.0907. The van der Waals surface area contributed by atoms with E-state index in [-0.39, 0.29) is 35.7 Å². The SMILES string of the molecule is Cn1cc(-c2cnc(N)c(C(=O)N[C@@H]3CCN(C(=O)c4ccc(-c5ccc(CCC(=O)O)cc5)cc4)C3)c2)cn1. The first-order valence-electron chi connectivity index (χ1n) is 13.0. The Labute approximate surface area is 231 Å². The summed E-state index contributed by atoms with van der Waals surface area (Å²) >= 11 is 0. The van der Waals surface area contributed by atoms with Gasteiger partial charge in [-0.25, -0.2) is 4.98 Å². The summed E-state index contributed by atoms with van der Waals surface area (Å²) in [5, 5.41) is 16.0. The lowest BCUT2D eigenvalue weighted by molar-refractivity contribution is -0.136. The summed E-state index contributed by atoms with van der Waals surface area (Å²) in [6.45, 7) is 0.937. The Morgan fingerprint density at radius 1 is 1.00 bits per heavy atom. The number of aryl methyl sites for hydroxylation is 2. The maximum Gasteiger partial charge on any atom is 0.303 e. The summed E-state index contributed by atoms with van der Waals surface area (Å²) in [5.41, 5.74) is 11.4. The standard InChI is InChI=1S/C30H30N6O4/c1-35-17-24(16-33-35)23-14-26(28(31)32-15-23)29(39)34-25-12-13-36(18-25)30(40)22-9-7-21(8-10-22)20-5-2-19(3-6-20)4-11-27(37)38/h2-3,5-10,14-17,25H,4,11-13,18H2,1H3,(H2,31,32)(H,34,39)(H,37,38)/t25-/m1/s1. The molecule has 0 unspecified atom stereocenters. The van der Waals surface area contributed by atoms with Gasteiger partial charge in [-0.05, 0) is 47.7 Å². The van der Waals surface area contributed by atoms with Crippen LogP contribution in [0.5, 0.6) is 0 Å². The summed E-state index contributed by atoms with van der Waals surface area (Å²) in [7, 11) is 1.81. The number of rotatable bonds is 8. The molecule has 1 fully saturated rings. The molecule has 204 valence electrons. The van der Waals surface area contributed by atoms with Crippen molar-refractivity contribution in [1.29, 1.82) is 0 Å². The highest BCUT2D eigenvalue weighted by atomic mass is 16.4. The molecule has 1 atom stereocenters. The minimum Gasteiger partial charge on any atom is -0.481 e. The van der Waals surface area contributed by atoms with E-state index in [1.165, 1.54) is 0 Å². The van der Waals surface area contributed by atoms with Crippen molar-refractivity contribution in [2.24, 2.45) is 7.05 Å². The van der Waals surface area contributed by atoms with Crippen LogP contribution >= 0.6 is 0 Å². The van der Waals surface area contributed by atoms with Crippen molar-refractivity contribution in [2.45, 2.75) is 25.3 Å². The van der Waals surface area contributed by atoms with E-state index in [0.29, 0.717) is 31.5 Å². The van der Waals surface area contributed by atoms with Gasteiger partial charge in [-0.1, -0.05) is 36.4 Å². The molecule has 10 heteroatoms. The lowest BCUT2D eigenvalue weighted by Gasteiger charge is -2.18. The maximum absolute atomic E-state index is 13.2. The zero-order valence-electron chi connectivity index (χ0n) is 22.1. The van der Waals surface area contributed by atoms with Crippen molar-refractivity contribution in [3.63, 3.8) is 0 Å². The van der Waals surface area contributed by atoms with E-state index < -0.39 is 5.97 Å². The van der Waals surface area contributed by atoms with Crippen LogP contribution in [0.3, 0.4) is 0 Å². The highest BCUT2D eigenvalue weighted by molar-refractivity contribution is 6.00. The Hall–Kier alpha value is -4.99. The van der Waals surface area contributed by atoms with Gasteiger partial charge in [-0.15, -0.1) is 0 Å². The molecule has 2 aromatic heterocycles. The second kappa shape index (κ2) is 11.4. The van der Waals surface area contributed by atoms with E-state index >= 15 is 0 Å². The number of carboxylic acid groups (broad SMARTS) is 1. The molecule has 0 bridgehead atoms. The Bertz CT molecular complexity index is 1550. The third-order valence-corrected chi connectivity index (χ3v) is 7.06. The monoisotopic (exact) mass is 538 g/mol. The minimum atomic E-state index is -0.815. The average molecular weight is 539 g/mol. The molecule has 1 aliphatic rings. The average Bonchev–Trinajstić information content (AvgIpc) is 3.61. The second-order valence-corrected chi connectivity index (χ2v) is 9.94. The molecule has 40 heavy (non-hydrogen) atoms. The van der Waals surface area contributed by atoms with Crippen LogP contribution in [0.4, 0.5) is 5.82 Å². The van der Waals surface area contributed by atoms with Gasteiger partial charge >= 0.3 is 5.97 Å². The maximum atomic E-state index is 13.2. The number of amides is 2. The first-order chi connectivity index (χ1) is 19.3. The fourth-order valence-corrected chi connectivity index (χ4v) is 4.81. The van der Waals surface area contributed by atoms with Crippen LogP contribution < -0.4 is 11.1 Å². The normalized spacial score (nSPS) is 14.7. The van der Waals surface area contributed by atoms with Crippen LogP contribution in [0, 0.1) is 0 Å². The van der Waals surface area contributed by atoms with Crippen molar-refractivity contribution in [3.8, 4) is 22.3 Å². The van der Waals surface area contributed by atoms with Crippen molar-refractivity contribution < 1.29 is 19.5 Å². The molecule has 4 aromatic rings. The van der Waals surface area contributed by atoms with Gasteiger partial charge in [-0.3, -0.25) is 19.1 Å². The number of nitrogens with one attached hydrogen (secondary N) is 1. The largest absolute Gasteiger partial charge is 0.481 e. The molecule has 0 radical (unpaired) electrons. The lowest BCUT2D eigenvalue weighted by Crippen LogP contribution is -2.38. The molecule has 5 rings (SSSR count). The fourth-order valence-electron chi connectivity index (χ4n) is 4.81. The molecule has 3 heterocycles. The van der Waals surface area contributed by atoms with Crippen LogP contribution in [-0.4, -0.2) is 61.7 Å². The number of nitrogen functional groups attached to an aromatic ring is 1. The van der Waals surface area contributed by atoms with E-state index in [9.17, 15) is 14.4 Å². The number of hydrogen-bond donors (Lipinski definition) is 3. The van der Waals surface area contributed by atoms with Crippen LogP contribution in [0.25, 0.3) is 22.3 Å². The van der Waals surface area contributed by atoms with Crippen LogP contribution in [0.2, 0.25) is 0 Å².